The number of nitrogens with one attached hydrogen (secondary N) is 2. The van der Waals surface area contributed by atoms with Crippen molar-refractivity contribution >= 4 is 11.8 Å². The first-order chi connectivity index (χ1) is 11.5. The van der Waals surface area contributed by atoms with E-state index in [9.17, 15) is 0 Å². The normalized spacial score (nSPS) is 11.3. The predicted molar refractivity (Wildman–Crippen MR) is 96.9 cm³/mol. The summed E-state index contributed by atoms with van der Waals surface area (Å²) >= 11 is 0. The predicted octanol–water partition coefficient (Wildman–Crippen LogP) is 4.56. The molecular weight excluding hydrogens is 300 g/mol. The van der Waals surface area contributed by atoms with Crippen LogP contribution in [0.2, 0.25) is 0 Å². The summed E-state index contributed by atoms with van der Waals surface area (Å²) < 4.78 is 5.36. The minimum Gasteiger partial charge on any atom is -0.467 e. The van der Waals surface area contributed by atoms with Crippen LogP contribution in [0.1, 0.15) is 26.5 Å². The van der Waals surface area contributed by atoms with Crippen molar-refractivity contribution in [3.05, 3.63) is 60.6 Å². The molecule has 1 aromatic carbocycles. The lowest BCUT2D eigenvalue weighted by Gasteiger charge is -2.21. The number of hydrogen-bond acceptors (Lipinski definition) is 5. The van der Waals surface area contributed by atoms with Crippen LogP contribution in [0.5, 0.6) is 0 Å². The lowest BCUT2D eigenvalue weighted by Crippen LogP contribution is -2.27. The Morgan fingerprint density at radius 1 is 1.00 bits per heavy atom. The van der Waals surface area contributed by atoms with E-state index < -0.39 is 0 Å². The monoisotopic (exact) mass is 322 g/mol. The average molecular weight is 322 g/mol. The molecule has 5 heteroatoms. The number of anilines is 2. The zero-order valence-corrected chi connectivity index (χ0v) is 14.2. The van der Waals surface area contributed by atoms with Gasteiger partial charge in [0, 0.05) is 17.2 Å². The van der Waals surface area contributed by atoms with Crippen LogP contribution in [0.15, 0.2) is 59.2 Å². The summed E-state index contributed by atoms with van der Waals surface area (Å²) in [5.41, 5.74) is 1.81. The largest absolute Gasteiger partial charge is 0.467 e. The molecule has 2 heterocycles. The van der Waals surface area contributed by atoms with E-state index >= 15 is 0 Å². The molecule has 0 atom stereocenters. The van der Waals surface area contributed by atoms with Crippen molar-refractivity contribution < 1.29 is 4.42 Å². The maximum atomic E-state index is 5.36. The second-order valence-corrected chi connectivity index (χ2v) is 6.64. The van der Waals surface area contributed by atoms with Crippen molar-refractivity contribution in [1.82, 2.24) is 9.97 Å². The van der Waals surface area contributed by atoms with Gasteiger partial charge in [-0.1, -0.05) is 30.3 Å². The Hall–Kier alpha value is -2.82. The van der Waals surface area contributed by atoms with Crippen LogP contribution in [0, 0.1) is 0 Å². The molecule has 0 radical (unpaired) electrons. The van der Waals surface area contributed by atoms with Crippen molar-refractivity contribution in [2.75, 3.05) is 10.6 Å². The van der Waals surface area contributed by atoms with Gasteiger partial charge in [0.15, 0.2) is 0 Å². The van der Waals surface area contributed by atoms with Crippen LogP contribution in [0.4, 0.5) is 11.8 Å². The third-order valence-electron chi connectivity index (χ3n) is 3.31. The molecule has 0 aliphatic carbocycles. The summed E-state index contributed by atoms with van der Waals surface area (Å²) in [6.45, 7) is 6.83. The molecule has 124 valence electrons. The van der Waals surface area contributed by atoms with Crippen molar-refractivity contribution in [3.8, 4) is 11.3 Å². The number of benzene rings is 1. The standard InChI is InChI=1S/C19H22N4O/c1-19(2,3)23-18-21-16(14-8-5-4-6-9-14)12-17(22-18)20-13-15-10-7-11-24-15/h4-12H,13H2,1-3H3,(H2,20,21,22,23). The Balaban J connectivity index is 1.90. The van der Waals surface area contributed by atoms with E-state index in [0.717, 1.165) is 22.8 Å². The summed E-state index contributed by atoms with van der Waals surface area (Å²) in [7, 11) is 0. The maximum absolute atomic E-state index is 5.36. The third-order valence-corrected chi connectivity index (χ3v) is 3.31. The molecule has 0 unspecified atom stereocenters. The second-order valence-electron chi connectivity index (χ2n) is 6.64. The zero-order valence-electron chi connectivity index (χ0n) is 14.2. The molecule has 0 saturated heterocycles. The van der Waals surface area contributed by atoms with Crippen LogP contribution in [0.25, 0.3) is 11.3 Å². The molecule has 3 aromatic rings. The first-order valence-corrected chi connectivity index (χ1v) is 7.98. The fraction of sp³-hybridized carbons (Fsp3) is 0.263. The Kier molecular flexibility index (Phi) is 4.51. The first kappa shape index (κ1) is 16.1. The molecular formula is C19H22N4O. The summed E-state index contributed by atoms with van der Waals surface area (Å²) in [5.74, 6) is 2.22. The van der Waals surface area contributed by atoms with Gasteiger partial charge in [0.2, 0.25) is 5.95 Å². The summed E-state index contributed by atoms with van der Waals surface area (Å²) in [4.78, 5) is 9.22. The van der Waals surface area contributed by atoms with Crippen LogP contribution < -0.4 is 10.6 Å². The van der Waals surface area contributed by atoms with Gasteiger partial charge in [-0.05, 0) is 32.9 Å². The average Bonchev–Trinajstić information content (AvgIpc) is 3.05. The van der Waals surface area contributed by atoms with E-state index in [1.807, 2.05) is 48.5 Å². The van der Waals surface area contributed by atoms with E-state index in [4.69, 9.17) is 4.42 Å². The number of hydrogen-bond donors (Lipinski definition) is 2. The van der Waals surface area contributed by atoms with Crippen LogP contribution in [-0.2, 0) is 6.54 Å². The van der Waals surface area contributed by atoms with Crippen molar-refractivity contribution in [2.24, 2.45) is 0 Å². The summed E-state index contributed by atoms with van der Waals surface area (Å²) in [6, 6.07) is 15.8. The number of furan rings is 1. The highest BCUT2D eigenvalue weighted by molar-refractivity contribution is 5.64. The SMILES string of the molecule is CC(C)(C)Nc1nc(NCc2ccco2)cc(-c2ccccc2)n1. The number of nitrogens with zero attached hydrogens (tertiary/aromatic N) is 2. The fourth-order valence-corrected chi connectivity index (χ4v) is 2.28. The van der Waals surface area contributed by atoms with E-state index in [1.54, 1.807) is 6.26 Å². The van der Waals surface area contributed by atoms with Gasteiger partial charge in [-0.3, -0.25) is 0 Å². The van der Waals surface area contributed by atoms with E-state index in [2.05, 4.69) is 41.4 Å². The van der Waals surface area contributed by atoms with E-state index in [-0.39, 0.29) is 5.54 Å². The molecule has 0 bridgehead atoms. The van der Waals surface area contributed by atoms with Gasteiger partial charge in [0.25, 0.3) is 0 Å². The van der Waals surface area contributed by atoms with Crippen LogP contribution >= 0.6 is 0 Å². The fourth-order valence-electron chi connectivity index (χ4n) is 2.28. The molecule has 3 rings (SSSR count). The van der Waals surface area contributed by atoms with Gasteiger partial charge >= 0.3 is 0 Å². The van der Waals surface area contributed by atoms with Gasteiger partial charge in [0.1, 0.15) is 11.6 Å². The highest BCUT2D eigenvalue weighted by Gasteiger charge is 2.14. The zero-order chi connectivity index (χ0) is 17.0. The highest BCUT2D eigenvalue weighted by atomic mass is 16.3. The van der Waals surface area contributed by atoms with Crippen molar-refractivity contribution in [1.29, 1.82) is 0 Å². The second kappa shape index (κ2) is 6.74. The Labute approximate surface area is 142 Å². The number of aromatic nitrogens is 2. The van der Waals surface area contributed by atoms with E-state index in [1.165, 1.54) is 0 Å². The Bertz CT molecular complexity index is 777. The smallest absolute Gasteiger partial charge is 0.225 e. The molecule has 0 saturated carbocycles. The van der Waals surface area contributed by atoms with Crippen molar-refractivity contribution in [2.45, 2.75) is 32.9 Å². The molecule has 0 fully saturated rings. The van der Waals surface area contributed by atoms with Crippen molar-refractivity contribution in [3.63, 3.8) is 0 Å². The van der Waals surface area contributed by atoms with Crippen LogP contribution in [0.3, 0.4) is 0 Å². The molecule has 24 heavy (non-hydrogen) atoms. The molecule has 0 aliphatic rings. The first-order valence-electron chi connectivity index (χ1n) is 7.98. The Morgan fingerprint density at radius 3 is 2.46 bits per heavy atom. The molecule has 0 amide bonds. The third kappa shape index (κ3) is 4.35. The van der Waals surface area contributed by atoms with Gasteiger partial charge in [-0.25, -0.2) is 4.98 Å². The lowest BCUT2D eigenvalue weighted by atomic mass is 10.1. The van der Waals surface area contributed by atoms with Gasteiger partial charge in [-0.2, -0.15) is 4.98 Å². The minimum absolute atomic E-state index is 0.117. The van der Waals surface area contributed by atoms with Crippen LogP contribution in [-0.4, -0.2) is 15.5 Å². The maximum Gasteiger partial charge on any atom is 0.225 e. The van der Waals surface area contributed by atoms with Gasteiger partial charge < -0.3 is 15.1 Å². The lowest BCUT2D eigenvalue weighted by molar-refractivity contribution is 0.518. The summed E-state index contributed by atoms with van der Waals surface area (Å²) in [5, 5.41) is 6.64. The highest BCUT2D eigenvalue weighted by Crippen LogP contribution is 2.23. The molecule has 2 aromatic heterocycles. The number of rotatable bonds is 5. The minimum atomic E-state index is -0.117. The molecule has 2 N–H and O–H groups in total. The molecule has 5 nitrogen and oxygen atoms in total. The Morgan fingerprint density at radius 2 is 1.79 bits per heavy atom. The quantitative estimate of drug-likeness (QED) is 0.721. The van der Waals surface area contributed by atoms with Gasteiger partial charge in [-0.15, -0.1) is 0 Å². The molecule has 0 aliphatic heterocycles. The summed E-state index contributed by atoms with van der Waals surface area (Å²) in [6.07, 6.45) is 1.67. The topological polar surface area (TPSA) is 63.0 Å². The van der Waals surface area contributed by atoms with Gasteiger partial charge in [0.05, 0.1) is 18.5 Å². The molecule has 0 spiro atoms. The van der Waals surface area contributed by atoms with E-state index in [0.29, 0.717) is 12.5 Å².